The number of hydrogen-bond donors (Lipinski definition) is 2. The van der Waals surface area contributed by atoms with Gasteiger partial charge in [0.15, 0.2) is 0 Å². The monoisotopic (exact) mass is 336 g/mol. The van der Waals surface area contributed by atoms with Crippen LogP contribution in [-0.4, -0.2) is 24.9 Å². The highest BCUT2D eigenvalue weighted by Gasteiger charge is 2.15. The van der Waals surface area contributed by atoms with Crippen LogP contribution < -0.4 is 15.5 Å². The Bertz CT molecular complexity index is 790. The Morgan fingerprint density at radius 2 is 1.56 bits per heavy atom. The number of anilines is 3. The fourth-order valence-corrected chi connectivity index (χ4v) is 2.40. The number of amides is 2. The van der Waals surface area contributed by atoms with Gasteiger partial charge >= 0.3 is 11.8 Å². The van der Waals surface area contributed by atoms with Crippen LogP contribution in [-0.2, 0) is 9.59 Å². The summed E-state index contributed by atoms with van der Waals surface area (Å²) in [4.78, 5) is 26.2. The number of rotatable bonds is 5. The van der Waals surface area contributed by atoms with E-state index >= 15 is 0 Å². The van der Waals surface area contributed by atoms with Gasteiger partial charge in [-0.05, 0) is 50.2 Å². The highest BCUT2D eigenvalue weighted by molar-refractivity contribution is 6.43. The summed E-state index contributed by atoms with van der Waals surface area (Å²) in [6, 6.07) is 15.8. The second kappa shape index (κ2) is 8.50. The Morgan fingerprint density at radius 3 is 2.16 bits per heavy atom. The Balaban J connectivity index is 2.02. The molecular weight excluding hydrogens is 316 g/mol. The van der Waals surface area contributed by atoms with Crippen LogP contribution in [0.1, 0.15) is 19.4 Å². The Hall–Kier alpha value is -3.33. The average molecular weight is 336 g/mol. The minimum absolute atomic E-state index is 0.298. The second-order valence-corrected chi connectivity index (χ2v) is 5.28. The van der Waals surface area contributed by atoms with Crippen LogP contribution in [0.2, 0.25) is 0 Å². The molecule has 6 nitrogen and oxygen atoms in total. The standard InChI is InChI=1S/C19H20N4O2/c1-3-23(4-2)16-11-9-15(10-12-16)21-18(24)19(25)22-17-8-6-5-7-14(17)13-20/h5-12H,3-4H2,1-2H3,(H,21,24)(H,22,25). The molecule has 0 aliphatic carbocycles. The first kappa shape index (κ1) is 18.0. The van der Waals surface area contributed by atoms with Gasteiger partial charge in [-0.3, -0.25) is 9.59 Å². The molecule has 0 fully saturated rings. The van der Waals surface area contributed by atoms with E-state index in [1.54, 1.807) is 36.4 Å². The van der Waals surface area contributed by atoms with E-state index in [0.717, 1.165) is 18.8 Å². The highest BCUT2D eigenvalue weighted by Crippen LogP contribution is 2.18. The molecule has 0 saturated heterocycles. The summed E-state index contributed by atoms with van der Waals surface area (Å²) in [7, 11) is 0. The van der Waals surface area contributed by atoms with Crippen LogP contribution in [0, 0.1) is 11.3 Å². The minimum Gasteiger partial charge on any atom is -0.372 e. The number of carbonyl (C=O) groups excluding carboxylic acids is 2. The lowest BCUT2D eigenvalue weighted by Gasteiger charge is -2.21. The van der Waals surface area contributed by atoms with E-state index in [2.05, 4.69) is 29.4 Å². The zero-order valence-corrected chi connectivity index (χ0v) is 14.2. The molecule has 0 heterocycles. The van der Waals surface area contributed by atoms with Crippen LogP contribution >= 0.6 is 0 Å². The van der Waals surface area contributed by atoms with Gasteiger partial charge in [0.1, 0.15) is 6.07 Å². The van der Waals surface area contributed by atoms with Gasteiger partial charge in [0.25, 0.3) is 0 Å². The van der Waals surface area contributed by atoms with Crippen LogP contribution in [0.5, 0.6) is 0 Å². The van der Waals surface area contributed by atoms with Crippen molar-refractivity contribution in [3.63, 3.8) is 0 Å². The molecule has 2 aromatic carbocycles. The first-order valence-corrected chi connectivity index (χ1v) is 8.05. The van der Waals surface area contributed by atoms with Crippen LogP contribution in [0.4, 0.5) is 17.1 Å². The molecular formula is C19H20N4O2. The van der Waals surface area contributed by atoms with E-state index in [-0.39, 0.29) is 0 Å². The van der Waals surface area contributed by atoms with Gasteiger partial charge in [0.2, 0.25) is 0 Å². The summed E-state index contributed by atoms with van der Waals surface area (Å²) in [5, 5.41) is 14.0. The van der Waals surface area contributed by atoms with Crippen molar-refractivity contribution < 1.29 is 9.59 Å². The van der Waals surface area contributed by atoms with Crippen molar-refractivity contribution in [2.24, 2.45) is 0 Å². The first-order chi connectivity index (χ1) is 12.1. The largest absolute Gasteiger partial charge is 0.372 e. The molecule has 0 radical (unpaired) electrons. The predicted octanol–water partition coefficient (Wildman–Crippen LogP) is 2.98. The molecule has 0 atom stereocenters. The van der Waals surface area contributed by atoms with E-state index in [9.17, 15) is 9.59 Å². The van der Waals surface area contributed by atoms with E-state index < -0.39 is 11.8 Å². The van der Waals surface area contributed by atoms with Gasteiger partial charge < -0.3 is 15.5 Å². The van der Waals surface area contributed by atoms with Crippen molar-refractivity contribution in [3.05, 3.63) is 54.1 Å². The zero-order valence-electron chi connectivity index (χ0n) is 14.2. The summed E-state index contributed by atoms with van der Waals surface area (Å²) in [6.07, 6.45) is 0. The topological polar surface area (TPSA) is 85.2 Å². The fraction of sp³-hybridized carbons (Fsp3) is 0.211. The molecule has 2 N–H and O–H groups in total. The zero-order chi connectivity index (χ0) is 18.2. The third kappa shape index (κ3) is 4.58. The average Bonchev–Trinajstić information content (AvgIpc) is 2.64. The molecule has 2 rings (SSSR count). The number of hydrogen-bond acceptors (Lipinski definition) is 4. The molecule has 0 spiro atoms. The van der Waals surface area contributed by atoms with Gasteiger partial charge in [-0.25, -0.2) is 0 Å². The van der Waals surface area contributed by atoms with E-state index in [0.29, 0.717) is 16.9 Å². The molecule has 6 heteroatoms. The molecule has 2 aromatic rings. The van der Waals surface area contributed by atoms with Crippen molar-refractivity contribution in [2.75, 3.05) is 28.6 Å². The predicted molar refractivity (Wildman–Crippen MR) is 98.4 cm³/mol. The van der Waals surface area contributed by atoms with E-state index in [4.69, 9.17) is 5.26 Å². The van der Waals surface area contributed by atoms with Gasteiger partial charge in [-0.1, -0.05) is 12.1 Å². The molecule has 2 amide bonds. The third-order valence-electron chi connectivity index (χ3n) is 3.76. The van der Waals surface area contributed by atoms with Gasteiger partial charge in [-0.15, -0.1) is 0 Å². The smallest absolute Gasteiger partial charge is 0.314 e. The second-order valence-electron chi connectivity index (χ2n) is 5.28. The quantitative estimate of drug-likeness (QED) is 0.822. The highest BCUT2D eigenvalue weighted by atomic mass is 16.2. The molecule has 0 unspecified atom stereocenters. The Kier molecular flexibility index (Phi) is 6.13. The lowest BCUT2D eigenvalue weighted by atomic mass is 10.2. The molecule has 128 valence electrons. The summed E-state index contributed by atoms with van der Waals surface area (Å²) in [5.41, 5.74) is 2.19. The van der Waals surface area contributed by atoms with Gasteiger partial charge in [0.05, 0.1) is 11.3 Å². The van der Waals surface area contributed by atoms with Gasteiger partial charge in [-0.2, -0.15) is 5.26 Å². The van der Waals surface area contributed by atoms with Crippen molar-refractivity contribution >= 4 is 28.9 Å². The number of nitrogens with zero attached hydrogens (tertiary/aromatic N) is 2. The molecule has 0 bridgehead atoms. The fourth-order valence-electron chi connectivity index (χ4n) is 2.40. The van der Waals surface area contributed by atoms with Crippen LogP contribution in [0.15, 0.2) is 48.5 Å². The number of nitriles is 1. The van der Waals surface area contributed by atoms with Crippen molar-refractivity contribution in [3.8, 4) is 6.07 Å². The minimum atomic E-state index is -0.824. The van der Waals surface area contributed by atoms with Crippen LogP contribution in [0.3, 0.4) is 0 Å². The Morgan fingerprint density at radius 1 is 0.960 bits per heavy atom. The maximum Gasteiger partial charge on any atom is 0.314 e. The van der Waals surface area contributed by atoms with Crippen molar-refractivity contribution in [1.82, 2.24) is 0 Å². The van der Waals surface area contributed by atoms with Gasteiger partial charge in [0, 0.05) is 24.5 Å². The third-order valence-corrected chi connectivity index (χ3v) is 3.76. The Labute approximate surface area is 147 Å². The number of nitrogens with one attached hydrogen (secondary N) is 2. The molecule has 0 aromatic heterocycles. The lowest BCUT2D eigenvalue weighted by molar-refractivity contribution is -0.133. The number of carbonyl (C=O) groups is 2. The molecule has 0 saturated carbocycles. The van der Waals surface area contributed by atoms with E-state index in [1.165, 1.54) is 0 Å². The molecule has 0 aliphatic rings. The maximum atomic E-state index is 12.0. The summed E-state index contributed by atoms with van der Waals surface area (Å²) in [6.45, 7) is 5.93. The first-order valence-electron chi connectivity index (χ1n) is 8.05. The number of benzene rings is 2. The van der Waals surface area contributed by atoms with Crippen molar-refractivity contribution in [1.29, 1.82) is 5.26 Å². The maximum absolute atomic E-state index is 12.0. The normalized spacial score (nSPS) is 9.80. The summed E-state index contributed by atoms with van der Waals surface area (Å²) in [5.74, 6) is -1.61. The summed E-state index contributed by atoms with van der Waals surface area (Å²) < 4.78 is 0. The van der Waals surface area contributed by atoms with Crippen LogP contribution in [0.25, 0.3) is 0 Å². The molecule has 25 heavy (non-hydrogen) atoms. The van der Waals surface area contributed by atoms with Crippen molar-refractivity contribution in [2.45, 2.75) is 13.8 Å². The number of para-hydroxylation sites is 1. The summed E-state index contributed by atoms with van der Waals surface area (Å²) >= 11 is 0. The lowest BCUT2D eigenvalue weighted by Crippen LogP contribution is -2.29. The van der Waals surface area contributed by atoms with E-state index in [1.807, 2.05) is 18.2 Å². The molecule has 0 aliphatic heterocycles. The SMILES string of the molecule is CCN(CC)c1ccc(NC(=O)C(=O)Nc2ccccc2C#N)cc1.